The number of benzene rings is 1. The van der Waals surface area contributed by atoms with Gasteiger partial charge in [0.05, 0.1) is 12.4 Å². The monoisotopic (exact) mass is 312 g/mol. The molecule has 1 atom stereocenters. The van der Waals surface area contributed by atoms with Gasteiger partial charge in [-0.15, -0.1) is 0 Å². The minimum atomic E-state index is -3.52. The normalized spacial score (nSPS) is 19.6. The maximum Gasteiger partial charge on any atom is 0.261 e. The molecule has 0 bridgehead atoms. The van der Waals surface area contributed by atoms with Crippen LogP contribution in [0.4, 0.5) is 0 Å². The molecule has 1 amide bonds. The zero-order valence-electron chi connectivity index (χ0n) is 12.0. The molecule has 1 N–H and O–H groups in total. The number of hydrogen-bond donors (Lipinski definition) is 1. The van der Waals surface area contributed by atoms with Crippen LogP contribution in [0.3, 0.4) is 0 Å². The van der Waals surface area contributed by atoms with Crippen molar-refractivity contribution in [3.63, 3.8) is 0 Å². The highest BCUT2D eigenvalue weighted by Gasteiger charge is 2.38. The van der Waals surface area contributed by atoms with Gasteiger partial charge in [0.1, 0.15) is 6.04 Å². The third-order valence-corrected chi connectivity index (χ3v) is 5.22. The first-order chi connectivity index (χ1) is 10.0. The van der Waals surface area contributed by atoms with Crippen LogP contribution in [-0.2, 0) is 25.4 Å². The second kappa shape index (κ2) is 7.02. The summed E-state index contributed by atoms with van der Waals surface area (Å²) in [5, 5.41) is 0. The highest BCUT2D eigenvalue weighted by molar-refractivity contribution is 7.88. The van der Waals surface area contributed by atoms with Crippen LogP contribution in [0.2, 0.25) is 0 Å². The first-order valence-electron chi connectivity index (χ1n) is 6.99. The van der Waals surface area contributed by atoms with Crippen molar-refractivity contribution in [2.75, 3.05) is 13.2 Å². The Morgan fingerprint density at radius 2 is 2.10 bits per heavy atom. The average molecular weight is 312 g/mol. The molecule has 0 saturated carbocycles. The minimum Gasteiger partial charge on any atom is -0.274 e. The van der Waals surface area contributed by atoms with E-state index >= 15 is 0 Å². The molecule has 1 saturated heterocycles. The van der Waals surface area contributed by atoms with E-state index in [0.29, 0.717) is 31.6 Å². The fourth-order valence-electron chi connectivity index (χ4n) is 2.41. The van der Waals surface area contributed by atoms with E-state index in [4.69, 9.17) is 4.84 Å². The largest absolute Gasteiger partial charge is 0.274 e. The summed E-state index contributed by atoms with van der Waals surface area (Å²) in [5.41, 5.74) is 3.01. The molecule has 1 aliphatic heterocycles. The van der Waals surface area contributed by atoms with Crippen LogP contribution in [0.1, 0.15) is 25.3 Å². The quantitative estimate of drug-likeness (QED) is 0.797. The SMILES string of the molecule is CCONC(=O)C1CCCN1S(=O)(=O)Cc1ccccc1. The zero-order chi connectivity index (χ0) is 15.3. The van der Waals surface area contributed by atoms with Crippen molar-refractivity contribution in [3.05, 3.63) is 35.9 Å². The topological polar surface area (TPSA) is 75.7 Å². The van der Waals surface area contributed by atoms with Gasteiger partial charge in [0, 0.05) is 6.54 Å². The Morgan fingerprint density at radius 3 is 2.76 bits per heavy atom. The predicted octanol–water partition coefficient (Wildman–Crippen LogP) is 1.05. The fourth-order valence-corrected chi connectivity index (χ4v) is 4.19. The maximum atomic E-state index is 12.5. The molecule has 6 nitrogen and oxygen atoms in total. The van der Waals surface area contributed by atoms with Crippen LogP contribution in [0.15, 0.2) is 30.3 Å². The molecule has 1 fully saturated rings. The maximum absolute atomic E-state index is 12.5. The number of amides is 1. The molecule has 1 unspecified atom stereocenters. The molecule has 1 aliphatic rings. The zero-order valence-corrected chi connectivity index (χ0v) is 12.8. The number of hydrogen-bond acceptors (Lipinski definition) is 4. The Hall–Kier alpha value is -1.44. The Bertz CT molecular complexity index is 574. The number of sulfonamides is 1. The number of hydroxylamine groups is 1. The van der Waals surface area contributed by atoms with Gasteiger partial charge in [-0.05, 0) is 25.3 Å². The van der Waals surface area contributed by atoms with Crippen LogP contribution in [0, 0.1) is 0 Å². The van der Waals surface area contributed by atoms with Crippen molar-refractivity contribution in [1.29, 1.82) is 0 Å². The molecule has 116 valence electrons. The first kappa shape index (κ1) is 15.9. The van der Waals surface area contributed by atoms with Crippen molar-refractivity contribution in [2.24, 2.45) is 0 Å². The summed E-state index contributed by atoms with van der Waals surface area (Å²) in [7, 11) is -3.52. The van der Waals surface area contributed by atoms with E-state index in [0.717, 1.165) is 0 Å². The number of nitrogens with zero attached hydrogens (tertiary/aromatic N) is 1. The average Bonchev–Trinajstić information content (AvgIpc) is 2.96. The van der Waals surface area contributed by atoms with Crippen LogP contribution < -0.4 is 5.48 Å². The standard InChI is InChI=1S/C14H20N2O4S/c1-2-20-15-14(17)13-9-6-10-16(13)21(18,19)11-12-7-4-3-5-8-12/h3-5,7-8,13H,2,6,9-11H2,1H3,(H,15,17). The van der Waals surface area contributed by atoms with E-state index in [1.807, 2.05) is 6.07 Å². The van der Waals surface area contributed by atoms with E-state index in [2.05, 4.69) is 5.48 Å². The van der Waals surface area contributed by atoms with Gasteiger partial charge in [-0.2, -0.15) is 4.31 Å². The van der Waals surface area contributed by atoms with Crippen molar-refractivity contribution >= 4 is 15.9 Å². The van der Waals surface area contributed by atoms with E-state index < -0.39 is 22.0 Å². The lowest BCUT2D eigenvalue weighted by molar-refractivity contribution is -0.136. The molecule has 21 heavy (non-hydrogen) atoms. The Balaban J connectivity index is 2.09. The third-order valence-electron chi connectivity index (χ3n) is 3.37. The van der Waals surface area contributed by atoms with Crippen LogP contribution in [0.25, 0.3) is 0 Å². The lowest BCUT2D eigenvalue weighted by Crippen LogP contribution is -2.46. The molecule has 0 radical (unpaired) electrons. The molecule has 0 aliphatic carbocycles. The molecule has 1 aromatic rings. The lowest BCUT2D eigenvalue weighted by atomic mass is 10.2. The van der Waals surface area contributed by atoms with E-state index in [1.54, 1.807) is 31.2 Å². The van der Waals surface area contributed by atoms with Gasteiger partial charge in [0.2, 0.25) is 10.0 Å². The summed E-state index contributed by atoms with van der Waals surface area (Å²) < 4.78 is 26.3. The second-order valence-electron chi connectivity index (χ2n) is 4.91. The first-order valence-corrected chi connectivity index (χ1v) is 8.60. The van der Waals surface area contributed by atoms with Crippen LogP contribution in [0.5, 0.6) is 0 Å². The summed E-state index contributed by atoms with van der Waals surface area (Å²) in [6.07, 6.45) is 1.20. The van der Waals surface area contributed by atoms with Gasteiger partial charge in [0.25, 0.3) is 5.91 Å². The van der Waals surface area contributed by atoms with Crippen molar-refractivity contribution in [3.8, 4) is 0 Å². The van der Waals surface area contributed by atoms with Gasteiger partial charge < -0.3 is 0 Å². The number of carbonyl (C=O) groups excluding carboxylic acids is 1. The molecule has 7 heteroatoms. The van der Waals surface area contributed by atoms with Gasteiger partial charge in [-0.1, -0.05) is 30.3 Å². The van der Waals surface area contributed by atoms with Gasteiger partial charge in [0.15, 0.2) is 0 Å². The number of rotatable bonds is 6. The molecular formula is C14H20N2O4S. The third kappa shape index (κ3) is 4.03. The lowest BCUT2D eigenvalue weighted by Gasteiger charge is -2.23. The predicted molar refractivity (Wildman–Crippen MR) is 78.6 cm³/mol. The Morgan fingerprint density at radius 1 is 1.38 bits per heavy atom. The fraction of sp³-hybridized carbons (Fsp3) is 0.500. The summed E-state index contributed by atoms with van der Waals surface area (Å²) in [6.45, 7) is 2.47. The molecule has 1 aromatic carbocycles. The molecule has 0 spiro atoms. The van der Waals surface area contributed by atoms with E-state index in [9.17, 15) is 13.2 Å². The highest BCUT2D eigenvalue weighted by Crippen LogP contribution is 2.23. The second-order valence-corrected chi connectivity index (χ2v) is 6.83. The summed E-state index contributed by atoms with van der Waals surface area (Å²) in [6, 6.07) is 8.29. The van der Waals surface area contributed by atoms with Crippen molar-refractivity contribution < 1.29 is 18.0 Å². The van der Waals surface area contributed by atoms with Crippen molar-refractivity contribution in [1.82, 2.24) is 9.79 Å². The van der Waals surface area contributed by atoms with Crippen LogP contribution in [-0.4, -0.2) is 37.8 Å². The van der Waals surface area contributed by atoms with E-state index in [1.165, 1.54) is 4.31 Å². The number of carbonyl (C=O) groups is 1. The van der Waals surface area contributed by atoms with Gasteiger partial charge >= 0.3 is 0 Å². The summed E-state index contributed by atoms with van der Waals surface area (Å²) in [5.74, 6) is -0.488. The molecule has 0 aromatic heterocycles. The molecule has 1 heterocycles. The minimum absolute atomic E-state index is 0.0910. The van der Waals surface area contributed by atoms with Crippen molar-refractivity contribution in [2.45, 2.75) is 31.6 Å². The summed E-state index contributed by atoms with van der Waals surface area (Å²) >= 11 is 0. The highest BCUT2D eigenvalue weighted by atomic mass is 32.2. The van der Waals surface area contributed by atoms with E-state index in [-0.39, 0.29) is 5.75 Å². The number of nitrogens with one attached hydrogen (secondary N) is 1. The molecular weight excluding hydrogens is 292 g/mol. The van der Waals surface area contributed by atoms with Gasteiger partial charge in [-0.3, -0.25) is 9.63 Å². The summed E-state index contributed by atoms with van der Waals surface area (Å²) in [4.78, 5) is 16.8. The Kier molecular flexibility index (Phi) is 5.33. The molecule has 2 rings (SSSR count). The van der Waals surface area contributed by atoms with Gasteiger partial charge in [-0.25, -0.2) is 13.9 Å². The Labute approximate surface area is 125 Å². The van der Waals surface area contributed by atoms with Crippen LogP contribution >= 0.6 is 0 Å². The smallest absolute Gasteiger partial charge is 0.261 e.